The van der Waals surface area contributed by atoms with Gasteiger partial charge in [-0.3, -0.25) is 4.79 Å². The monoisotopic (exact) mass is 710 g/mol. The van der Waals surface area contributed by atoms with Crippen molar-refractivity contribution in [2.75, 3.05) is 25.6 Å². The molecule has 0 spiro atoms. The van der Waals surface area contributed by atoms with Crippen molar-refractivity contribution in [2.45, 2.75) is 27.2 Å². The van der Waals surface area contributed by atoms with Crippen LogP contribution in [0.15, 0.2) is 140 Å². The van der Waals surface area contributed by atoms with Gasteiger partial charge in [0, 0.05) is 42.7 Å². The maximum Gasteiger partial charge on any atom is 0.269 e. The number of amides is 1. The largest absolute Gasteiger partial charge is 0.497 e. The number of carbonyl (C=O) groups is 1. The van der Waals surface area contributed by atoms with Crippen molar-refractivity contribution < 1.29 is 14.1 Å². The molecule has 0 saturated heterocycles. The molecule has 0 unspecified atom stereocenters. The number of nitrogens with zero attached hydrogens (tertiary/aromatic N) is 4. The number of pyridine rings is 1. The molecule has 0 aliphatic carbocycles. The molecule has 1 N–H and O–H groups in total. The predicted molar refractivity (Wildman–Crippen MR) is 220 cm³/mol. The number of rotatable bonds is 9. The standard InChI is InChI=1S/C23H21N3O2.C19H23N2S.C2H4/c1-4-22(27)26-23(20-8-6-5-7-16(20)2)25-21-14-11-18(15-24-21)17-9-12-19(28-3)13-10-17;1-5-12-20(3)16-9-7-15(8-10-16)19-21(4)17-11-6-14(2)13-18(17)22-19;1-2/h4-15H,1H2,2-3H3,(H,24,25,26,27);6-11,13H,5,12H2,1-4H3;1-2H2/q;+1;. The molecule has 6 rings (SSSR count). The molecule has 2 heterocycles. The Balaban J connectivity index is 0.000000228. The zero-order valence-electron chi connectivity index (χ0n) is 31.0. The van der Waals surface area contributed by atoms with Crippen LogP contribution in [0.1, 0.15) is 30.0 Å². The minimum absolute atomic E-state index is 0.322. The van der Waals surface area contributed by atoms with Gasteiger partial charge in [0.1, 0.15) is 23.3 Å². The lowest BCUT2D eigenvalue weighted by Crippen LogP contribution is -2.30. The van der Waals surface area contributed by atoms with E-state index in [0.29, 0.717) is 11.7 Å². The van der Waals surface area contributed by atoms with E-state index in [-0.39, 0.29) is 5.91 Å². The number of aromatic nitrogens is 2. The zero-order valence-corrected chi connectivity index (χ0v) is 31.8. The summed E-state index contributed by atoms with van der Waals surface area (Å²) in [7, 11) is 5.95. The van der Waals surface area contributed by atoms with Crippen LogP contribution in [0.3, 0.4) is 0 Å². The summed E-state index contributed by atoms with van der Waals surface area (Å²) >= 11 is 1.87. The molecule has 4 aromatic carbocycles. The van der Waals surface area contributed by atoms with Crippen LogP contribution in [0.25, 0.3) is 31.9 Å². The van der Waals surface area contributed by atoms with Crippen LogP contribution >= 0.6 is 11.3 Å². The molecule has 6 aromatic rings. The molecule has 0 radical (unpaired) electrons. The van der Waals surface area contributed by atoms with Gasteiger partial charge in [-0.05, 0) is 97.6 Å². The fourth-order valence-electron chi connectivity index (χ4n) is 5.52. The Labute approximate surface area is 312 Å². The molecule has 0 saturated carbocycles. The average Bonchev–Trinajstić information content (AvgIpc) is 3.51. The highest BCUT2D eigenvalue weighted by Crippen LogP contribution is 2.30. The molecule has 0 atom stereocenters. The molecule has 0 fully saturated rings. The van der Waals surface area contributed by atoms with E-state index in [1.165, 1.54) is 44.5 Å². The van der Waals surface area contributed by atoms with Gasteiger partial charge in [0.15, 0.2) is 5.82 Å². The number of nitrogens with one attached hydrogen (secondary N) is 1. The third-order valence-corrected chi connectivity index (χ3v) is 9.58. The van der Waals surface area contributed by atoms with Gasteiger partial charge in [0.2, 0.25) is 11.4 Å². The average molecular weight is 711 g/mol. The van der Waals surface area contributed by atoms with Crippen molar-refractivity contribution in [3.8, 4) is 27.4 Å². The quantitative estimate of drug-likeness (QED) is 0.0533. The second-order valence-corrected chi connectivity index (χ2v) is 13.0. The van der Waals surface area contributed by atoms with Crippen molar-refractivity contribution in [1.82, 2.24) is 10.3 Å². The number of carbonyl (C=O) groups excluding carboxylic acids is 1. The van der Waals surface area contributed by atoms with Crippen LogP contribution in [0.4, 0.5) is 11.5 Å². The van der Waals surface area contributed by atoms with Crippen molar-refractivity contribution >= 4 is 44.8 Å². The van der Waals surface area contributed by atoms with Crippen LogP contribution in [-0.2, 0) is 11.8 Å². The molecule has 0 aliphatic heterocycles. The van der Waals surface area contributed by atoms with Gasteiger partial charge >= 0.3 is 0 Å². The van der Waals surface area contributed by atoms with Gasteiger partial charge in [-0.1, -0.05) is 67.3 Å². The third-order valence-electron chi connectivity index (χ3n) is 8.33. The van der Waals surface area contributed by atoms with E-state index in [1.807, 2.05) is 78.9 Å². The van der Waals surface area contributed by atoms with Crippen LogP contribution < -0.4 is 19.5 Å². The molecule has 266 valence electrons. The highest BCUT2D eigenvalue weighted by molar-refractivity contribution is 7.21. The molecule has 0 aliphatic rings. The molecule has 2 aromatic heterocycles. The highest BCUT2D eigenvalue weighted by atomic mass is 32.1. The van der Waals surface area contributed by atoms with Crippen molar-refractivity contribution in [1.29, 1.82) is 0 Å². The van der Waals surface area contributed by atoms with Crippen LogP contribution in [-0.4, -0.2) is 37.4 Å². The fourth-order valence-corrected chi connectivity index (χ4v) is 6.77. The SMILES string of the molecule is C=C.C=CC(=O)NC(=Nc1ccc(-c2ccc(OC)cc2)cn1)c1ccccc1C.CCCN(C)c1ccc(-c2sc3cc(C)ccc3[n+]2C)cc1. The number of methoxy groups -OCH3 is 1. The lowest BCUT2D eigenvalue weighted by Gasteiger charge is -2.18. The van der Waals surface area contributed by atoms with Gasteiger partial charge in [-0.2, -0.15) is 4.57 Å². The molecular formula is C44H48N5O2S+. The van der Waals surface area contributed by atoms with Gasteiger partial charge in [-0.15, -0.1) is 13.2 Å². The van der Waals surface area contributed by atoms with Crippen LogP contribution in [0, 0.1) is 13.8 Å². The lowest BCUT2D eigenvalue weighted by molar-refractivity contribution is -0.629. The summed E-state index contributed by atoms with van der Waals surface area (Å²) in [5.74, 6) is 1.42. The Bertz CT molecular complexity index is 2120. The Kier molecular flexibility index (Phi) is 14.2. The van der Waals surface area contributed by atoms with Crippen molar-refractivity contribution in [3.05, 3.63) is 152 Å². The summed E-state index contributed by atoms with van der Waals surface area (Å²) in [5, 5.41) is 4.08. The Morgan fingerprint density at radius 3 is 2.23 bits per heavy atom. The summed E-state index contributed by atoms with van der Waals surface area (Å²) in [4.78, 5) is 23.1. The van der Waals surface area contributed by atoms with E-state index in [4.69, 9.17) is 4.74 Å². The number of hydrogen-bond acceptors (Lipinski definition) is 6. The first-order chi connectivity index (χ1) is 25.2. The second kappa shape index (κ2) is 18.9. The summed E-state index contributed by atoms with van der Waals surface area (Å²) in [6.07, 6.45) is 4.14. The number of fused-ring (bicyclic) bond motifs is 1. The van der Waals surface area contributed by atoms with Gasteiger partial charge in [0.25, 0.3) is 5.01 Å². The predicted octanol–water partition coefficient (Wildman–Crippen LogP) is 9.80. The Morgan fingerprint density at radius 1 is 0.942 bits per heavy atom. The number of hydrogen-bond donors (Lipinski definition) is 1. The topological polar surface area (TPSA) is 70.7 Å². The molecule has 8 heteroatoms. The zero-order chi connectivity index (χ0) is 37.6. The number of benzene rings is 4. The summed E-state index contributed by atoms with van der Waals surface area (Å²) in [6, 6.07) is 34.8. The third kappa shape index (κ3) is 9.89. The van der Waals surface area contributed by atoms with E-state index < -0.39 is 0 Å². The number of thiazole rings is 1. The van der Waals surface area contributed by atoms with Crippen LogP contribution in [0.5, 0.6) is 5.75 Å². The van der Waals surface area contributed by atoms with Gasteiger partial charge in [-0.25, -0.2) is 9.98 Å². The first-order valence-electron chi connectivity index (χ1n) is 17.1. The van der Waals surface area contributed by atoms with E-state index >= 15 is 0 Å². The number of aryl methyl sites for hydroxylation is 3. The fraction of sp³-hybridized carbons (Fsp3) is 0.182. The number of ether oxygens (including phenoxy) is 1. The van der Waals surface area contributed by atoms with E-state index in [1.54, 1.807) is 13.3 Å². The first-order valence-corrected chi connectivity index (χ1v) is 17.9. The molecule has 1 amide bonds. The second-order valence-electron chi connectivity index (χ2n) is 12.0. The molecule has 52 heavy (non-hydrogen) atoms. The summed E-state index contributed by atoms with van der Waals surface area (Å²) in [6.45, 7) is 16.9. The Morgan fingerprint density at radius 2 is 1.62 bits per heavy atom. The smallest absolute Gasteiger partial charge is 0.269 e. The number of amidine groups is 1. The maximum absolute atomic E-state index is 11.8. The maximum atomic E-state index is 11.8. The van der Waals surface area contributed by atoms with E-state index in [9.17, 15) is 4.79 Å². The Hall–Kier alpha value is -5.86. The summed E-state index contributed by atoms with van der Waals surface area (Å²) < 4.78 is 8.83. The van der Waals surface area contributed by atoms with Crippen molar-refractivity contribution in [3.63, 3.8) is 0 Å². The molecule has 0 bridgehead atoms. The first kappa shape index (κ1) is 38.9. The molecule has 7 nitrogen and oxygen atoms in total. The minimum Gasteiger partial charge on any atom is -0.497 e. The number of aliphatic imine (C=N–C) groups is 1. The van der Waals surface area contributed by atoms with Gasteiger partial charge < -0.3 is 15.0 Å². The normalized spacial score (nSPS) is 10.7. The van der Waals surface area contributed by atoms with E-state index in [2.05, 4.69) is 115 Å². The summed E-state index contributed by atoms with van der Waals surface area (Å²) in [5.41, 5.74) is 9.02. The highest BCUT2D eigenvalue weighted by Gasteiger charge is 2.19. The van der Waals surface area contributed by atoms with Gasteiger partial charge in [0.05, 0.1) is 12.7 Å². The molecular weight excluding hydrogens is 663 g/mol. The van der Waals surface area contributed by atoms with Crippen molar-refractivity contribution in [2.24, 2.45) is 12.0 Å². The number of anilines is 1. The van der Waals surface area contributed by atoms with E-state index in [0.717, 1.165) is 34.5 Å². The minimum atomic E-state index is -0.322. The van der Waals surface area contributed by atoms with Crippen LogP contribution in [0.2, 0.25) is 0 Å². The lowest BCUT2D eigenvalue weighted by atomic mass is 10.1.